The summed E-state index contributed by atoms with van der Waals surface area (Å²) in [6, 6.07) is 7.78. The number of thioether (sulfide) groups is 2. The lowest BCUT2D eigenvalue weighted by Gasteiger charge is -2.29. The van der Waals surface area contributed by atoms with Crippen LogP contribution in [0.4, 0.5) is 0 Å². The number of fused-ring (bicyclic) bond motifs is 1. The van der Waals surface area contributed by atoms with Crippen LogP contribution in [0.5, 0.6) is 0 Å². The maximum atomic E-state index is 13.0. The summed E-state index contributed by atoms with van der Waals surface area (Å²) in [7, 11) is 0. The molecule has 1 aromatic carbocycles. The fourth-order valence-corrected chi connectivity index (χ4v) is 5.93. The molecule has 3 rings (SSSR count). The van der Waals surface area contributed by atoms with E-state index < -0.39 is 23.3 Å². The standard InChI is InChI=1S/C20H24N2O5S2/c1-12(23)29-16(11-13-5-3-2-4-6-13)18(24)21-14-9-10-28-17-8-7-15(20(26)27)22(17)19(14)25/h2-6,14-17H,7-11H2,1H3,(H,21,24)(H,26,27)/t14-,15-,16?,17-/m0/s1. The number of nitrogens with zero attached hydrogens (tertiary/aromatic N) is 1. The van der Waals surface area contributed by atoms with Gasteiger partial charge in [0.15, 0.2) is 5.12 Å². The van der Waals surface area contributed by atoms with Crippen molar-refractivity contribution in [3.63, 3.8) is 0 Å². The zero-order valence-corrected chi connectivity index (χ0v) is 17.7. The van der Waals surface area contributed by atoms with E-state index in [0.717, 1.165) is 17.3 Å². The van der Waals surface area contributed by atoms with E-state index in [2.05, 4.69) is 5.32 Å². The Morgan fingerprint density at radius 1 is 1.24 bits per heavy atom. The second-order valence-corrected chi connectivity index (χ2v) is 9.81. The molecule has 0 aliphatic carbocycles. The van der Waals surface area contributed by atoms with Gasteiger partial charge in [-0.3, -0.25) is 14.4 Å². The molecule has 0 radical (unpaired) electrons. The van der Waals surface area contributed by atoms with Crippen molar-refractivity contribution in [1.82, 2.24) is 10.2 Å². The van der Waals surface area contributed by atoms with E-state index in [4.69, 9.17) is 0 Å². The van der Waals surface area contributed by atoms with Crippen LogP contribution < -0.4 is 5.32 Å². The quantitative estimate of drug-likeness (QED) is 0.702. The molecule has 0 bridgehead atoms. The fourth-order valence-electron chi connectivity index (χ4n) is 3.72. The summed E-state index contributed by atoms with van der Waals surface area (Å²) in [5, 5.41) is 11.3. The van der Waals surface area contributed by atoms with E-state index in [9.17, 15) is 24.3 Å². The molecular weight excluding hydrogens is 412 g/mol. The van der Waals surface area contributed by atoms with E-state index in [1.165, 1.54) is 11.8 Å². The third kappa shape index (κ3) is 5.33. The average molecular weight is 437 g/mol. The summed E-state index contributed by atoms with van der Waals surface area (Å²) in [5.41, 5.74) is 0.926. The molecule has 9 heteroatoms. The van der Waals surface area contributed by atoms with Crippen LogP contribution in [-0.2, 0) is 25.6 Å². The van der Waals surface area contributed by atoms with Crippen molar-refractivity contribution >= 4 is 46.4 Å². The highest BCUT2D eigenvalue weighted by Gasteiger charge is 2.45. The van der Waals surface area contributed by atoms with Gasteiger partial charge in [0, 0.05) is 6.92 Å². The molecule has 0 saturated carbocycles. The number of benzene rings is 1. The maximum absolute atomic E-state index is 13.0. The van der Waals surface area contributed by atoms with Gasteiger partial charge in [-0.05, 0) is 37.0 Å². The first-order chi connectivity index (χ1) is 13.9. The molecular formula is C20H24N2O5S2. The number of aliphatic carboxylic acids is 1. The number of carboxylic acid groups (broad SMARTS) is 1. The summed E-state index contributed by atoms with van der Waals surface area (Å²) < 4.78 is 0. The topological polar surface area (TPSA) is 104 Å². The van der Waals surface area contributed by atoms with Gasteiger partial charge in [0.25, 0.3) is 0 Å². The summed E-state index contributed by atoms with van der Waals surface area (Å²) in [5.74, 6) is -1.07. The van der Waals surface area contributed by atoms with Crippen molar-refractivity contribution in [3.05, 3.63) is 35.9 Å². The van der Waals surface area contributed by atoms with E-state index in [1.54, 1.807) is 11.8 Å². The minimum absolute atomic E-state index is 0.155. The smallest absolute Gasteiger partial charge is 0.326 e. The third-order valence-electron chi connectivity index (χ3n) is 5.07. The first kappa shape index (κ1) is 21.7. The highest BCUT2D eigenvalue weighted by Crippen LogP contribution is 2.35. The van der Waals surface area contributed by atoms with Crippen molar-refractivity contribution < 1.29 is 24.3 Å². The summed E-state index contributed by atoms with van der Waals surface area (Å²) >= 11 is 2.51. The Bertz CT molecular complexity index is 788. The van der Waals surface area contributed by atoms with Crippen LogP contribution in [0, 0.1) is 0 Å². The van der Waals surface area contributed by atoms with Crippen molar-refractivity contribution in [1.29, 1.82) is 0 Å². The van der Waals surface area contributed by atoms with E-state index in [0.29, 0.717) is 31.4 Å². The molecule has 0 aromatic heterocycles. The number of rotatable bonds is 6. The van der Waals surface area contributed by atoms with Crippen molar-refractivity contribution in [2.45, 2.75) is 55.3 Å². The van der Waals surface area contributed by atoms with Crippen LogP contribution in [0.2, 0.25) is 0 Å². The SMILES string of the molecule is CC(=O)SC(Cc1ccccc1)C(=O)N[C@H]1CCS[C@H]2CC[C@@H](C(=O)O)N2C1=O. The molecule has 0 spiro atoms. The number of carbonyl (C=O) groups is 4. The van der Waals surface area contributed by atoms with E-state index >= 15 is 0 Å². The second kappa shape index (κ2) is 9.67. The summed E-state index contributed by atoms with van der Waals surface area (Å²) in [6.45, 7) is 1.41. The van der Waals surface area contributed by atoms with Gasteiger partial charge in [-0.25, -0.2) is 4.79 Å². The molecule has 2 N–H and O–H groups in total. The number of hydrogen-bond donors (Lipinski definition) is 2. The lowest BCUT2D eigenvalue weighted by atomic mass is 10.1. The highest BCUT2D eigenvalue weighted by atomic mass is 32.2. The minimum Gasteiger partial charge on any atom is -0.480 e. The molecule has 2 fully saturated rings. The molecule has 156 valence electrons. The maximum Gasteiger partial charge on any atom is 0.326 e. The number of amides is 2. The van der Waals surface area contributed by atoms with Gasteiger partial charge < -0.3 is 15.3 Å². The predicted octanol–water partition coefficient (Wildman–Crippen LogP) is 1.90. The number of carbonyl (C=O) groups excluding carboxylic acids is 3. The van der Waals surface area contributed by atoms with Crippen LogP contribution in [0.1, 0.15) is 31.7 Å². The molecule has 1 unspecified atom stereocenters. The Morgan fingerprint density at radius 2 is 1.97 bits per heavy atom. The fraction of sp³-hybridized carbons (Fsp3) is 0.500. The Balaban J connectivity index is 1.73. The lowest BCUT2D eigenvalue weighted by Crippen LogP contribution is -2.53. The summed E-state index contributed by atoms with van der Waals surface area (Å²) in [6.07, 6.45) is 1.88. The van der Waals surface area contributed by atoms with Crippen LogP contribution in [0.15, 0.2) is 30.3 Å². The Hall–Kier alpha value is -2.00. The zero-order chi connectivity index (χ0) is 21.0. The van der Waals surface area contributed by atoms with Crippen LogP contribution in [0.3, 0.4) is 0 Å². The Labute approximate surface area is 178 Å². The first-order valence-electron chi connectivity index (χ1n) is 9.55. The largest absolute Gasteiger partial charge is 0.480 e. The van der Waals surface area contributed by atoms with Crippen molar-refractivity contribution in [2.75, 3.05) is 5.75 Å². The Kier molecular flexibility index (Phi) is 7.23. The van der Waals surface area contributed by atoms with Gasteiger partial charge in [0.1, 0.15) is 12.1 Å². The molecule has 2 aliphatic rings. The molecule has 2 aliphatic heterocycles. The Morgan fingerprint density at radius 3 is 2.62 bits per heavy atom. The van der Waals surface area contributed by atoms with Gasteiger partial charge in [-0.2, -0.15) is 0 Å². The molecule has 4 atom stereocenters. The molecule has 7 nitrogen and oxygen atoms in total. The van der Waals surface area contributed by atoms with E-state index in [-0.39, 0.29) is 22.3 Å². The van der Waals surface area contributed by atoms with E-state index in [1.807, 2.05) is 30.3 Å². The van der Waals surface area contributed by atoms with Crippen molar-refractivity contribution in [3.8, 4) is 0 Å². The number of carboxylic acids is 1. The molecule has 1 aromatic rings. The van der Waals surface area contributed by atoms with Gasteiger partial charge in [0.05, 0.1) is 10.6 Å². The highest BCUT2D eigenvalue weighted by molar-refractivity contribution is 8.14. The first-order valence-corrected chi connectivity index (χ1v) is 11.5. The molecule has 2 heterocycles. The van der Waals surface area contributed by atoms with Gasteiger partial charge in [-0.1, -0.05) is 42.1 Å². The zero-order valence-electron chi connectivity index (χ0n) is 16.1. The molecule has 2 amide bonds. The van der Waals surface area contributed by atoms with Crippen LogP contribution in [-0.4, -0.2) is 61.4 Å². The average Bonchev–Trinajstić information content (AvgIpc) is 3.04. The number of hydrogen-bond acceptors (Lipinski definition) is 6. The van der Waals surface area contributed by atoms with Gasteiger partial charge in [0.2, 0.25) is 11.8 Å². The van der Waals surface area contributed by atoms with Gasteiger partial charge in [-0.15, -0.1) is 11.8 Å². The van der Waals surface area contributed by atoms with Crippen LogP contribution in [0.25, 0.3) is 0 Å². The van der Waals surface area contributed by atoms with Crippen molar-refractivity contribution in [2.24, 2.45) is 0 Å². The van der Waals surface area contributed by atoms with Gasteiger partial charge >= 0.3 is 5.97 Å². The van der Waals surface area contributed by atoms with Crippen LogP contribution >= 0.6 is 23.5 Å². The monoisotopic (exact) mass is 436 g/mol. The third-order valence-corrected chi connectivity index (χ3v) is 7.38. The lowest BCUT2D eigenvalue weighted by molar-refractivity contribution is -0.149. The second-order valence-electron chi connectivity index (χ2n) is 7.14. The minimum atomic E-state index is -1.01. The number of nitrogens with one attached hydrogen (secondary N) is 1. The molecule has 29 heavy (non-hydrogen) atoms. The normalized spacial score (nSPS) is 25.1. The molecule has 2 saturated heterocycles. The summed E-state index contributed by atoms with van der Waals surface area (Å²) in [4.78, 5) is 50.6. The predicted molar refractivity (Wildman–Crippen MR) is 113 cm³/mol.